The van der Waals surface area contributed by atoms with Gasteiger partial charge in [0.1, 0.15) is 0 Å². The molecule has 0 saturated heterocycles. The van der Waals surface area contributed by atoms with Crippen molar-refractivity contribution in [3.8, 4) is 0 Å². The van der Waals surface area contributed by atoms with E-state index in [2.05, 4.69) is 224 Å². The quantitative estimate of drug-likeness (QED) is 0.305. The molecule has 0 aliphatic carbocycles. The molecule has 0 saturated carbocycles. The maximum Gasteiger partial charge on any atom is -0.106 e. The molecule has 0 heterocycles. The van der Waals surface area contributed by atoms with Gasteiger partial charge in [-0.2, -0.15) is 0 Å². The minimum absolute atomic E-state index is 3.00. The van der Waals surface area contributed by atoms with Crippen molar-refractivity contribution in [2.75, 3.05) is 0 Å². The second-order valence-electron chi connectivity index (χ2n) is 0. The highest BCUT2D eigenvalue weighted by Gasteiger charge is 0.633. The Hall–Kier alpha value is -4.42. The maximum atomic E-state index is 3.00. The van der Waals surface area contributed by atoms with Crippen LogP contribution in [0.5, 0.6) is 0 Å². The summed E-state index contributed by atoms with van der Waals surface area (Å²) >= 11 is 0. The Morgan fingerprint density at radius 1 is 0.0588 bits per heavy atom. The summed E-state index contributed by atoms with van der Waals surface area (Å²) in [6, 6.07) is 0. The topological polar surface area (TPSA) is 0 Å². The molecule has 204 valence electrons. The average Bonchev–Trinajstić information content (AvgIpc) is 3.09. The molecule has 0 aliphatic rings. The molecule has 0 amide bonds. The Kier molecular flexibility index (Phi) is 5000. The van der Waals surface area contributed by atoms with E-state index in [4.69, 9.17) is 0 Å². The summed E-state index contributed by atoms with van der Waals surface area (Å²) in [7, 11) is 0. The van der Waals surface area contributed by atoms with Gasteiger partial charge in [-0.15, -0.1) is 224 Å². The highest BCUT2D eigenvalue weighted by Crippen LogP contribution is 0.894. The molecule has 0 aromatic carbocycles. The maximum absolute atomic E-state index is 3.00. The van der Waals surface area contributed by atoms with Gasteiger partial charge in [-0.3, -0.25) is 0 Å². The summed E-state index contributed by atoms with van der Waals surface area (Å²) in [5.74, 6) is 0. The summed E-state index contributed by atoms with van der Waals surface area (Å²) in [5, 5.41) is 0. The van der Waals surface area contributed by atoms with Crippen LogP contribution in [-0.4, -0.2) is 0 Å². The largest absolute Gasteiger partial charge is 0.106 e. The van der Waals surface area contributed by atoms with Crippen LogP contribution in [0.4, 0.5) is 0 Å². The molecule has 0 unspecified atom stereocenters. The van der Waals surface area contributed by atoms with Crippen LogP contribution in [0.3, 0.4) is 0 Å². The highest BCUT2D eigenvalue weighted by molar-refractivity contribution is 4.25. The molecule has 0 N–H and O–H groups in total. The molecule has 0 bridgehead atoms. The first-order valence-electron chi connectivity index (χ1n) is 8.50. The van der Waals surface area contributed by atoms with Crippen molar-refractivity contribution in [2.24, 2.45) is 0 Å². The predicted molar refractivity (Wildman–Crippen MR) is 191 cm³/mol. The van der Waals surface area contributed by atoms with Crippen molar-refractivity contribution < 1.29 is 0 Å². The van der Waals surface area contributed by atoms with E-state index in [0.29, 0.717) is 0 Å². The first kappa shape index (κ1) is 153. The summed E-state index contributed by atoms with van der Waals surface area (Å²) in [4.78, 5) is 0. The number of rotatable bonds is 0. The molecule has 0 aliphatic heterocycles. The van der Waals surface area contributed by atoms with Crippen LogP contribution in [0.15, 0.2) is 224 Å². The van der Waals surface area contributed by atoms with E-state index in [0.717, 1.165) is 0 Å². The van der Waals surface area contributed by atoms with Gasteiger partial charge in [-0.1, -0.05) is 0 Å². The standard InChI is InChI=1S/17C2H4/c17*1-2/h17*1-2H2. The molecule has 0 fully saturated rings. The zero-order valence-corrected chi connectivity index (χ0v) is 24.0. The molecule has 34 heavy (non-hydrogen) atoms. The lowest BCUT2D eigenvalue weighted by Gasteiger charge is -0.813. The molecule has 0 rings (SSSR count). The average molecular weight is 477 g/mol. The SMILES string of the molecule is C=C.C=C.C=C.C=C.C=C.C=C.C=C.C=C.C=C.C=C.C=C.C=C.C=C.C=C.C=C.C=C.C=C. The second kappa shape index (κ2) is 1110. The van der Waals surface area contributed by atoms with Gasteiger partial charge in [0, 0.05) is 0 Å². The zero-order chi connectivity index (χ0) is 34.0. The van der Waals surface area contributed by atoms with Crippen LogP contribution in [0.2, 0.25) is 0 Å². The van der Waals surface area contributed by atoms with Crippen molar-refractivity contribution >= 4 is 0 Å². The van der Waals surface area contributed by atoms with Gasteiger partial charge < -0.3 is 0 Å². The highest BCUT2D eigenvalue weighted by atomic mass is 12.8. The Labute approximate surface area is 223 Å². The molecule has 0 aromatic heterocycles. The lowest BCUT2D eigenvalue weighted by atomic mass is 11.3. The molecule has 0 spiro atoms. The van der Waals surface area contributed by atoms with Crippen molar-refractivity contribution in [3.05, 3.63) is 224 Å². The molecule has 0 aromatic rings. The van der Waals surface area contributed by atoms with E-state index in [1.165, 1.54) is 0 Å². The van der Waals surface area contributed by atoms with Gasteiger partial charge in [0.05, 0.1) is 0 Å². The summed E-state index contributed by atoms with van der Waals surface area (Å²) in [5.41, 5.74) is 0. The zero-order valence-electron chi connectivity index (χ0n) is 24.0. The normalized spacial score (nSPS) is 2.00. The van der Waals surface area contributed by atoms with Gasteiger partial charge in [0.2, 0.25) is 0 Å². The Balaban J connectivity index is -0.00000000602. The smallest absolute Gasteiger partial charge is 0.106 e. The predicted octanol–water partition coefficient (Wildman–Crippen LogP) is 13.6. The fraction of sp³-hybridized carbons (Fsp3) is 0. The molecular formula is C34H68. The Bertz CT molecular complexity index is 69.5. The van der Waals surface area contributed by atoms with E-state index < -0.39 is 0 Å². The second-order valence-corrected chi connectivity index (χ2v) is 0. The van der Waals surface area contributed by atoms with Gasteiger partial charge in [0.25, 0.3) is 0 Å². The van der Waals surface area contributed by atoms with Crippen LogP contribution >= 0.6 is 0 Å². The molecular weight excluding hydrogens is 408 g/mol. The minimum Gasteiger partial charge on any atom is -0.106 e. The van der Waals surface area contributed by atoms with Crippen LogP contribution in [0.1, 0.15) is 0 Å². The van der Waals surface area contributed by atoms with Gasteiger partial charge >= 0.3 is 0 Å². The van der Waals surface area contributed by atoms with Crippen LogP contribution in [0.25, 0.3) is 0 Å². The summed E-state index contributed by atoms with van der Waals surface area (Å²) < 4.78 is 0. The van der Waals surface area contributed by atoms with Crippen LogP contribution in [-0.2, 0) is 0 Å². The van der Waals surface area contributed by atoms with E-state index in [1.54, 1.807) is 0 Å². The lowest BCUT2D eigenvalue weighted by molar-refractivity contribution is 2.81. The fourth-order valence-corrected chi connectivity index (χ4v) is 0. The van der Waals surface area contributed by atoms with Crippen molar-refractivity contribution in [2.45, 2.75) is 0 Å². The fourth-order valence-electron chi connectivity index (χ4n) is 0. The third-order valence-corrected chi connectivity index (χ3v) is 0. The first-order valence-corrected chi connectivity index (χ1v) is 8.50. The van der Waals surface area contributed by atoms with Crippen molar-refractivity contribution in [1.29, 1.82) is 0 Å². The van der Waals surface area contributed by atoms with Crippen LogP contribution < -0.4 is 0 Å². The number of hydrogen-bond acceptors (Lipinski definition) is 0. The molecule has 0 nitrogen and oxygen atoms in total. The van der Waals surface area contributed by atoms with E-state index >= 15 is 0 Å². The molecule has 0 atom stereocenters. The summed E-state index contributed by atoms with van der Waals surface area (Å²) in [6.07, 6.45) is 0. The van der Waals surface area contributed by atoms with Crippen LogP contribution in [0, 0.1) is 0 Å². The first-order chi connectivity index (χ1) is 17.0. The van der Waals surface area contributed by atoms with Crippen molar-refractivity contribution in [3.63, 3.8) is 0 Å². The third-order valence-electron chi connectivity index (χ3n) is 0. The third kappa shape index (κ3) is 997. The molecule has 0 radical (unpaired) electrons. The lowest BCUT2D eigenvalue weighted by Crippen LogP contribution is -0.552. The van der Waals surface area contributed by atoms with E-state index in [9.17, 15) is 0 Å². The monoisotopic (exact) mass is 477 g/mol. The Morgan fingerprint density at radius 2 is 0.0588 bits per heavy atom. The summed E-state index contributed by atoms with van der Waals surface area (Å²) in [6.45, 7) is 102. The number of hydrogen-bond donors (Lipinski definition) is 0. The molecule has 0 heteroatoms. The van der Waals surface area contributed by atoms with Gasteiger partial charge in [0.15, 0.2) is 0 Å². The van der Waals surface area contributed by atoms with E-state index in [1.807, 2.05) is 0 Å². The van der Waals surface area contributed by atoms with Gasteiger partial charge in [-0.25, -0.2) is 0 Å². The minimum atomic E-state index is 3.00. The Morgan fingerprint density at radius 3 is 0.0588 bits per heavy atom. The van der Waals surface area contributed by atoms with E-state index in [-0.39, 0.29) is 0 Å². The van der Waals surface area contributed by atoms with Gasteiger partial charge in [-0.05, 0) is 0 Å². The van der Waals surface area contributed by atoms with Crippen molar-refractivity contribution in [1.82, 2.24) is 0 Å².